The van der Waals surface area contributed by atoms with E-state index in [1.807, 2.05) is 0 Å². The number of carboxylic acids is 1. The van der Waals surface area contributed by atoms with Gasteiger partial charge in [0.1, 0.15) is 6.54 Å². The molecule has 0 saturated heterocycles. The topological polar surface area (TPSA) is 79.6 Å². The molecule has 1 amide bonds. The van der Waals surface area contributed by atoms with Crippen molar-refractivity contribution in [3.05, 3.63) is 20.7 Å². The number of carbonyl (C=O) groups excluding carboxylic acids is 1. The largest absolute Gasteiger partial charge is 0.481 e. The Morgan fingerprint density at radius 1 is 1.53 bits per heavy atom. The molecule has 1 saturated carbocycles. The molecule has 104 valence electrons. The summed E-state index contributed by atoms with van der Waals surface area (Å²) in [5, 5.41) is 10.4. The van der Waals surface area contributed by atoms with E-state index in [4.69, 9.17) is 5.11 Å². The van der Waals surface area contributed by atoms with Crippen LogP contribution >= 0.6 is 11.3 Å². The highest BCUT2D eigenvalue weighted by molar-refractivity contribution is 7.07. The van der Waals surface area contributed by atoms with Crippen LogP contribution in [0.15, 0.2) is 10.2 Å². The van der Waals surface area contributed by atoms with E-state index in [-0.39, 0.29) is 36.3 Å². The van der Waals surface area contributed by atoms with Crippen molar-refractivity contribution in [3.8, 4) is 0 Å². The third-order valence-electron chi connectivity index (χ3n) is 3.14. The van der Waals surface area contributed by atoms with Gasteiger partial charge in [0.25, 0.3) is 0 Å². The second-order valence-electron chi connectivity index (χ2n) is 4.69. The maximum atomic E-state index is 12.2. The van der Waals surface area contributed by atoms with Crippen LogP contribution in [0.4, 0.5) is 0 Å². The van der Waals surface area contributed by atoms with Gasteiger partial charge in [0.05, 0.1) is 6.42 Å². The molecule has 0 radical (unpaired) electrons. The summed E-state index contributed by atoms with van der Waals surface area (Å²) in [6, 6.07) is 0.154. The van der Waals surface area contributed by atoms with Crippen LogP contribution in [-0.2, 0) is 16.1 Å². The van der Waals surface area contributed by atoms with Crippen LogP contribution in [0, 0.1) is 6.92 Å². The van der Waals surface area contributed by atoms with Crippen molar-refractivity contribution in [2.75, 3.05) is 6.54 Å². The zero-order valence-electron chi connectivity index (χ0n) is 10.7. The van der Waals surface area contributed by atoms with E-state index in [1.54, 1.807) is 17.2 Å². The molecule has 1 heterocycles. The predicted octanol–water partition coefficient (Wildman–Crippen LogP) is 0.684. The molecular formula is C12H16N2O4S. The molecule has 1 aliphatic carbocycles. The number of carbonyl (C=O) groups is 2. The van der Waals surface area contributed by atoms with E-state index in [0.717, 1.165) is 29.9 Å². The van der Waals surface area contributed by atoms with Crippen molar-refractivity contribution in [3.63, 3.8) is 0 Å². The van der Waals surface area contributed by atoms with Crippen molar-refractivity contribution in [2.24, 2.45) is 0 Å². The first kappa shape index (κ1) is 13.8. The highest BCUT2D eigenvalue weighted by atomic mass is 32.1. The molecular weight excluding hydrogens is 268 g/mol. The molecule has 0 unspecified atom stereocenters. The predicted molar refractivity (Wildman–Crippen MR) is 70.3 cm³/mol. The number of aliphatic carboxylic acids is 1. The van der Waals surface area contributed by atoms with Crippen LogP contribution in [0.5, 0.6) is 0 Å². The van der Waals surface area contributed by atoms with Gasteiger partial charge in [0.2, 0.25) is 5.91 Å². The fourth-order valence-electron chi connectivity index (χ4n) is 1.94. The number of aromatic nitrogens is 1. The highest BCUT2D eigenvalue weighted by Crippen LogP contribution is 2.27. The lowest BCUT2D eigenvalue weighted by molar-refractivity contribution is -0.138. The molecule has 1 aliphatic rings. The Balaban J connectivity index is 2.03. The zero-order valence-corrected chi connectivity index (χ0v) is 11.5. The number of amides is 1. The van der Waals surface area contributed by atoms with E-state index in [9.17, 15) is 14.4 Å². The maximum Gasteiger partial charge on any atom is 0.307 e. The summed E-state index contributed by atoms with van der Waals surface area (Å²) in [4.78, 5) is 35.8. The molecule has 1 fully saturated rings. The quantitative estimate of drug-likeness (QED) is 0.833. The van der Waals surface area contributed by atoms with E-state index in [1.165, 1.54) is 4.57 Å². The molecule has 7 heteroatoms. The summed E-state index contributed by atoms with van der Waals surface area (Å²) in [5.41, 5.74) is 0.761. The smallest absolute Gasteiger partial charge is 0.307 e. The number of hydrogen-bond donors (Lipinski definition) is 1. The van der Waals surface area contributed by atoms with Gasteiger partial charge >= 0.3 is 10.8 Å². The minimum absolute atomic E-state index is 0.00425. The Labute approximate surface area is 114 Å². The van der Waals surface area contributed by atoms with Crippen LogP contribution in [0.3, 0.4) is 0 Å². The van der Waals surface area contributed by atoms with Gasteiger partial charge in [-0.05, 0) is 19.8 Å². The molecule has 2 rings (SSSR count). The maximum absolute atomic E-state index is 12.2. The van der Waals surface area contributed by atoms with Gasteiger partial charge in [-0.2, -0.15) is 0 Å². The average molecular weight is 284 g/mol. The van der Waals surface area contributed by atoms with Crippen molar-refractivity contribution in [1.82, 2.24) is 9.47 Å². The average Bonchev–Trinajstić information content (AvgIpc) is 3.12. The summed E-state index contributed by atoms with van der Waals surface area (Å²) < 4.78 is 1.43. The zero-order chi connectivity index (χ0) is 14.0. The number of nitrogens with zero attached hydrogens (tertiary/aromatic N) is 2. The lowest BCUT2D eigenvalue weighted by Gasteiger charge is -2.22. The second kappa shape index (κ2) is 5.56. The van der Waals surface area contributed by atoms with Gasteiger partial charge in [-0.25, -0.2) is 0 Å². The number of carboxylic acid groups (broad SMARTS) is 1. The number of hydrogen-bond acceptors (Lipinski definition) is 4. The Morgan fingerprint density at radius 3 is 2.68 bits per heavy atom. The van der Waals surface area contributed by atoms with Crippen molar-refractivity contribution >= 4 is 23.2 Å². The van der Waals surface area contributed by atoms with E-state index >= 15 is 0 Å². The number of aryl methyl sites for hydroxylation is 1. The van der Waals surface area contributed by atoms with Gasteiger partial charge in [0.15, 0.2) is 0 Å². The third kappa shape index (κ3) is 3.44. The molecule has 0 spiro atoms. The summed E-state index contributed by atoms with van der Waals surface area (Å²) in [7, 11) is 0. The molecule has 1 N–H and O–H groups in total. The van der Waals surface area contributed by atoms with Crippen molar-refractivity contribution in [1.29, 1.82) is 0 Å². The Bertz CT molecular complexity index is 544. The molecule has 1 aromatic rings. The highest BCUT2D eigenvalue weighted by Gasteiger charge is 2.32. The molecule has 6 nitrogen and oxygen atoms in total. The minimum atomic E-state index is -0.915. The van der Waals surface area contributed by atoms with Crippen LogP contribution in [-0.4, -0.2) is 39.0 Å². The molecule has 19 heavy (non-hydrogen) atoms. The summed E-state index contributed by atoms with van der Waals surface area (Å²) in [6.07, 6.45) is 1.78. The van der Waals surface area contributed by atoms with E-state index in [2.05, 4.69) is 0 Å². The first-order valence-electron chi connectivity index (χ1n) is 6.15. The molecule has 1 aromatic heterocycles. The minimum Gasteiger partial charge on any atom is -0.481 e. The summed E-state index contributed by atoms with van der Waals surface area (Å²) >= 11 is 1.07. The molecule has 0 aliphatic heterocycles. The van der Waals surface area contributed by atoms with Crippen LogP contribution in [0.25, 0.3) is 0 Å². The van der Waals surface area contributed by atoms with Crippen LogP contribution in [0.1, 0.15) is 25.0 Å². The van der Waals surface area contributed by atoms with Crippen LogP contribution in [0.2, 0.25) is 0 Å². The van der Waals surface area contributed by atoms with E-state index in [0.29, 0.717) is 0 Å². The molecule has 0 atom stereocenters. The van der Waals surface area contributed by atoms with Gasteiger partial charge in [-0.3, -0.25) is 19.0 Å². The fraction of sp³-hybridized carbons (Fsp3) is 0.583. The van der Waals surface area contributed by atoms with Crippen molar-refractivity contribution < 1.29 is 14.7 Å². The Hall–Kier alpha value is -1.63. The van der Waals surface area contributed by atoms with Gasteiger partial charge in [0, 0.05) is 23.7 Å². The summed E-state index contributed by atoms with van der Waals surface area (Å²) in [6.45, 7) is 2.00. The van der Waals surface area contributed by atoms with E-state index < -0.39 is 5.97 Å². The van der Waals surface area contributed by atoms with Crippen molar-refractivity contribution in [2.45, 2.75) is 38.8 Å². The Kier molecular flexibility index (Phi) is 4.04. The SMILES string of the molecule is Cc1csc(=O)n1CC(=O)N(CCC(=O)O)C1CC1. The lowest BCUT2D eigenvalue weighted by atomic mass is 10.3. The molecule has 0 bridgehead atoms. The second-order valence-corrected chi connectivity index (χ2v) is 5.51. The first-order chi connectivity index (χ1) is 8.99. The molecule has 0 aromatic carbocycles. The number of thiazole rings is 1. The summed E-state index contributed by atoms with van der Waals surface area (Å²) in [5.74, 6) is -1.09. The first-order valence-corrected chi connectivity index (χ1v) is 7.03. The third-order valence-corrected chi connectivity index (χ3v) is 4.03. The number of rotatable bonds is 6. The normalized spacial score (nSPS) is 14.4. The van der Waals surface area contributed by atoms with Gasteiger partial charge in [-0.15, -0.1) is 0 Å². The monoisotopic (exact) mass is 284 g/mol. The fourth-order valence-corrected chi connectivity index (χ4v) is 2.67. The van der Waals surface area contributed by atoms with Gasteiger partial charge in [-0.1, -0.05) is 11.3 Å². The lowest BCUT2D eigenvalue weighted by Crippen LogP contribution is -2.38. The van der Waals surface area contributed by atoms with Gasteiger partial charge < -0.3 is 10.0 Å². The van der Waals surface area contributed by atoms with Crippen LogP contribution < -0.4 is 4.87 Å². The standard InChI is InChI=1S/C12H16N2O4S/c1-8-7-19-12(18)14(8)6-10(15)13(9-2-3-9)5-4-11(16)17/h7,9H,2-6H2,1H3,(H,16,17). The Morgan fingerprint density at radius 2 is 2.21 bits per heavy atom.